The van der Waals surface area contributed by atoms with E-state index in [0.717, 1.165) is 0 Å². The summed E-state index contributed by atoms with van der Waals surface area (Å²) in [6.07, 6.45) is 0. The molecule has 0 saturated heterocycles. The molecule has 0 aliphatic carbocycles. The number of benzene rings is 1. The molecular formula is C9H8Cl2O2. The van der Waals surface area contributed by atoms with Crippen LogP contribution in [0.3, 0.4) is 0 Å². The van der Waals surface area contributed by atoms with E-state index >= 15 is 0 Å². The monoisotopic (exact) mass is 218 g/mol. The molecule has 0 saturated carbocycles. The number of carbonyl (C=O) groups excluding carboxylic acids is 1. The van der Waals surface area contributed by atoms with Crippen LogP contribution in [0.1, 0.15) is 6.92 Å². The van der Waals surface area contributed by atoms with Crippen molar-refractivity contribution in [2.24, 2.45) is 0 Å². The maximum Gasteiger partial charge on any atom is 0.329 e. The van der Waals surface area contributed by atoms with Crippen LogP contribution in [0.4, 0.5) is 0 Å². The molecule has 0 bridgehead atoms. The summed E-state index contributed by atoms with van der Waals surface area (Å²) in [5, 5.41) is -0.274. The van der Waals surface area contributed by atoms with Crippen LogP contribution in [-0.2, 0) is 4.79 Å². The first kappa shape index (κ1) is 10.4. The number of carbonyl (C=O) groups is 1. The molecule has 0 spiro atoms. The number of rotatable bonds is 2. The average molecular weight is 219 g/mol. The van der Waals surface area contributed by atoms with Gasteiger partial charge in [0, 0.05) is 0 Å². The lowest BCUT2D eigenvalue weighted by molar-refractivity contribution is -0.133. The van der Waals surface area contributed by atoms with Crippen LogP contribution in [0.15, 0.2) is 24.3 Å². The second kappa shape index (κ2) is 4.49. The van der Waals surface area contributed by atoms with Crippen molar-refractivity contribution in [1.82, 2.24) is 0 Å². The zero-order valence-corrected chi connectivity index (χ0v) is 8.47. The Labute approximate surface area is 86.4 Å². The third-order valence-corrected chi connectivity index (χ3v) is 1.86. The van der Waals surface area contributed by atoms with E-state index in [1.165, 1.54) is 0 Å². The summed E-state index contributed by atoms with van der Waals surface area (Å²) in [7, 11) is 0. The topological polar surface area (TPSA) is 26.3 Å². The van der Waals surface area contributed by atoms with Crippen LogP contribution in [0.25, 0.3) is 0 Å². The number of esters is 1. The maximum atomic E-state index is 11.1. The number of ether oxygens (including phenoxy) is 1. The molecule has 0 aliphatic rings. The second-order valence-electron chi connectivity index (χ2n) is 2.47. The SMILES string of the molecule is C[C@@H](Cl)C(=O)Oc1ccccc1Cl. The summed E-state index contributed by atoms with van der Waals surface area (Å²) >= 11 is 11.3. The maximum absolute atomic E-state index is 11.1. The Hall–Kier alpha value is -0.730. The lowest BCUT2D eigenvalue weighted by Crippen LogP contribution is -2.17. The minimum atomic E-state index is -0.670. The van der Waals surface area contributed by atoms with Gasteiger partial charge in [0.2, 0.25) is 0 Å². The van der Waals surface area contributed by atoms with Crippen LogP contribution in [0, 0.1) is 0 Å². The van der Waals surface area contributed by atoms with Gasteiger partial charge in [-0.05, 0) is 19.1 Å². The standard InChI is InChI=1S/C9H8Cl2O2/c1-6(10)9(12)13-8-5-3-2-4-7(8)11/h2-6H,1H3/t6-/m1/s1. The Kier molecular flexibility index (Phi) is 3.58. The van der Waals surface area contributed by atoms with Gasteiger partial charge in [0.25, 0.3) is 0 Å². The van der Waals surface area contributed by atoms with Gasteiger partial charge >= 0.3 is 5.97 Å². The molecule has 0 fully saturated rings. The van der Waals surface area contributed by atoms with E-state index in [1.807, 2.05) is 0 Å². The van der Waals surface area contributed by atoms with E-state index in [1.54, 1.807) is 31.2 Å². The summed E-state index contributed by atoms with van der Waals surface area (Å²) in [6, 6.07) is 6.74. The van der Waals surface area contributed by atoms with E-state index in [0.29, 0.717) is 10.8 Å². The molecule has 0 amide bonds. The molecule has 0 aromatic heterocycles. The molecule has 0 heterocycles. The fourth-order valence-electron chi connectivity index (χ4n) is 0.717. The van der Waals surface area contributed by atoms with Gasteiger partial charge in [-0.25, -0.2) is 0 Å². The number of alkyl halides is 1. The Morgan fingerprint density at radius 2 is 2.08 bits per heavy atom. The highest BCUT2D eigenvalue weighted by Crippen LogP contribution is 2.23. The molecule has 0 unspecified atom stereocenters. The van der Waals surface area contributed by atoms with E-state index in [4.69, 9.17) is 27.9 Å². The normalized spacial score (nSPS) is 12.2. The van der Waals surface area contributed by atoms with Gasteiger partial charge < -0.3 is 4.74 Å². The Morgan fingerprint density at radius 1 is 1.46 bits per heavy atom. The van der Waals surface area contributed by atoms with Gasteiger partial charge in [0.1, 0.15) is 11.1 Å². The van der Waals surface area contributed by atoms with Crippen LogP contribution >= 0.6 is 23.2 Å². The van der Waals surface area contributed by atoms with Crippen LogP contribution in [0.5, 0.6) is 5.75 Å². The molecule has 0 N–H and O–H groups in total. The van der Waals surface area contributed by atoms with Crippen molar-refractivity contribution in [2.45, 2.75) is 12.3 Å². The van der Waals surface area contributed by atoms with Crippen LogP contribution in [0.2, 0.25) is 5.02 Å². The molecule has 13 heavy (non-hydrogen) atoms. The summed E-state index contributed by atoms with van der Waals surface area (Å²) in [5.74, 6) is -0.170. The molecule has 1 atom stereocenters. The van der Waals surface area contributed by atoms with Crippen molar-refractivity contribution in [3.8, 4) is 5.75 Å². The fourth-order valence-corrected chi connectivity index (χ4v) is 0.936. The average Bonchev–Trinajstić information content (AvgIpc) is 2.08. The highest BCUT2D eigenvalue weighted by atomic mass is 35.5. The largest absolute Gasteiger partial charge is 0.424 e. The smallest absolute Gasteiger partial charge is 0.329 e. The molecule has 1 aromatic carbocycles. The summed E-state index contributed by atoms with van der Waals surface area (Å²) in [5.41, 5.74) is 0. The molecule has 0 radical (unpaired) electrons. The minimum Gasteiger partial charge on any atom is -0.424 e. The number of hydrogen-bond acceptors (Lipinski definition) is 2. The first-order valence-electron chi connectivity index (χ1n) is 3.71. The van der Waals surface area contributed by atoms with Gasteiger partial charge in [-0.2, -0.15) is 0 Å². The zero-order chi connectivity index (χ0) is 9.84. The third-order valence-electron chi connectivity index (χ3n) is 1.37. The lowest BCUT2D eigenvalue weighted by Gasteiger charge is -2.06. The summed E-state index contributed by atoms with van der Waals surface area (Å²) < 4.78 is 4.90. The number of hydrogen-bond donors (Lipinski definition) is 0. The third kappa shape index (κ3) is 2.90. The van der Waals surface area contributed by atoms with Crippen molar-refractivity contribution >= 4 is 29.2 Å². The highest BCUT2D eigenvalue weighted by molar-refractivity contribution is 6.32. The van der Waals surface area contributed by atoms with Crippen molar-refractivity contribution in [1.29, 1.82) is 0 Å². The number of halogens is 2. The molecule has 2 nitrogen and oxygen atoms in total. The first-order valence-corrected chi connectivity index (χ1v) is 4.53. The fraction of sp³-hybridized carbons (Fsp3) is 0.222. The van der Waals surface area contributed by atoms with Gasteiger partial charge in [0.15, 0.2) is 0 Å². The van der Waals surface area contributed by atoms with E-state index in [9.17, 15) is 4.79 Å². The van der Waals surface area contributed by atoms with Crippen molar-refractivity contribution in [3.63, 3.8) is 0 Å². The molecule has 70 valence electrons. The Balaban J connectivity index is 2.75. The van der Waals surface area contributed by atoms with Gasteiger partial charge in [0.05, 0.1) is 5.02 Å². The van der Waals surface area contributed by atoms with Crippen molar-refractivity contribution in [2.75, 3.05) is 0 Å². The molecule has 0 aliphatic heterocycles. The van der Waals surface area contributed by atoms with Crippen LogP contribution < -0.4 is 4.74 Å². The number of para-hydroxylation sites is 1. The Bertz CT molecular complexity index is 310. The highest BCUT2D eigenvalue weighted by Gasteiger charge is 2.12. The molecule has 1 aromatic rings. The zero-order valence-electron chi connectivity index (χ0n) is 6.96. The Morgan fingerprint density at radius 3 is 2.62 bits per heavy atom. The van der Waals surface area contributed by atoms with E-state index in [-0.39, 0.29) is 0 Å². The summed E-state index contributed by atoms with van der Waals surface area (Å²) in [4.78, 5) is 11.1. The lowest BCUT2D eigenvalue weighted by atomic mass is 10.3. The van der Waals surface area contributed by atoms with Crippen LogP contribution in [-0.4, -0.2) is 11.3 Å². The molecular weight excluding hydrogens is 211 g/mol. The predicted molar refractivity (Wildman–Crippen MR) is 52.4 cm³/mol. The minimum absolute atomic E-state index is 0.335. The van der Waals surface area contributed by atoms with E-state index in [2.05, 4.69) is 0 Å². The van der Waals surface area contributed by atoms with Crippen molar-refractivity contribution in [3.05, 3.63) is 29.3 Å². The molecule has 4 heteroatoms. The first-order chi connectivity index (χ1) is 6.11. The second-order valence-corrected chi connectivity index (χ2v) is 3.53. The van der Waals surface area contributed by atoms with Gasteiger partial charge in [-0.15, -0.1) is 11.6 Å². The quantitative estimate of drug-likeness (QED) is 0.434. The molecule has 1 rings (SSSR count). The van der Waals surface area contributed by atoms with Crippen molar-refractivity contribution < 1.29 is 9.53 Å². The summed E-state index contributed by atoms with van der Waals surface area (Å²) in [6.45, 7) is 1.54. The van der Waals surface area contributed by atoms with Gasteiger partial charge in [-0.3, -0.25) is 4.79 Å². The van der Waals surface area contributed by atoms with E-state index < -0.39 is 11.3 Å². The predicted octanol–water partition coefficient (Wildman–Crippen LogP) is 2.87. The van der Waals surface area contributed by atoms with Gasteiger partial charge in [-0.1, -0.05) is 23.7 Å².